The molecule has 1 amide bonds. The molecule has 2 aromatic heterocycles. The van der Waals surface area contributed by atoms with Gasteiger partial charge >= 0.3 is 0 Å². The predicted octanol–water partition coefficient (Wildman–Crippen LogP) is 4.97. The van der Waals surface area contributed by atoms with Crippen molar-refractivity contribution in [2.75, 3.05) is 6.54 Å². The summed E-state index contributed by atoms with van der Waals surface area (Å²) in [5.74, 6) is 0.863. The normalized spacial score (nSPS) is 17.0. The van der Waals surface area contributed by atoms with Crippen LogP contribution < -0.4 is 0 Å². The molecule has 1 aliphatic heterocycles. The number of aromatic nitrogens is 1. The summed E-state index contributed by atoms with van der Waals surface area (Å²) in [6.45, 7) is 0.730. The van der Waals surface area contributed by atoms with Crippen LogP contribution in [-0.4, -0.2) is 22.3 Å². The van der Waals surface area contributed by atoms with Gasteiger partial charge in [-0.2, -0.15) is 0 Å². The van der Waals surface area contributed by atoms with E-state index in [0.29, 0.717) is 16.5 Å². The fourth-order valence-corrected chi connectivity index (χ4v) is 3.57. The van der Waals surface area contributed by atoms with Crippen LogP contribution in [0.15, 0.2) is 65.3 Å². The van der Waals surface area contributed by atoms with Gasteiger partial charge in [-0.25, -0.2) is 0 Å². The largest absolute Gasteiger partial charge is 0.451 e. The Morgan fingerprint density at radius 3 is 2.72 bits per heavy atom. The van der Waals surface area contributed by atoms with Crippen molar-refractivity contribution in [2.24, 2.45) is 0 Å². The van der Waals surface area contributed by atoms with Gasteiger partial charge in [-0.15, -0.1) is 0 Å². The van der Waals surface area contributed by atoms with E-state index in [1.165, 1.54) is 0 Å². The predicted molar refractivity (Wildman–Crippen MR) is 96.4 cm³/mol. The lowest BCUT2D eigenvalue weighted by Gasteiger charge is -2.24. The third-order valence-corrected chi connectivity index (χ3v) is 4.89. The van der Waals surface area contributed by atoms with E-state index < -0.39 is 0 Å². The van der Waals surface area contributed by atoms with Gasteiger partial charge in [0.1, 0.15) is 5.76 Å². The molecule has 1 atom stereocenters. The zero-order chi connectivity index (χ0) is 17.2. The minimum absolute atomic E-state index is 0.0735. The highest BCUT2D eigenvalue weighted by atomic mass is 35.5. The smallest absolute Gasteiger partial charge is 0.290 e. The molecule has 1 aliphatic rings. The summed E-state index contributed by atoms with van der Waals surface area (Å²) >= 11 is 6.22. The van der Waals surface area contributed by atoms with Crippen LogP contribution in [0.2, 0.25) is 5.02 Å². The first-order valence-corrected chi connectivity index (χ1v) is 8.67. The van der Waals surface area contributed by atoms with E-state index in [1.54, 1.807) is 30.6 Å². The summed E-state index contributed by atoms with van der Waals surface area (Å²) in [5, 5.41) is 0.603. The number of hydrogen-bond acceptors (Lipinski definition) is 3. The molecule has 0 radical (unpaired) electrons. The maximum absolute atomic E-state index is 12.9. The molecular weight excluding hydrogens is 336 g/mol. The van der Waals surface area contributed by atoms with E-state index in [9.17, 15) is 4.79 Å². The summed E-state index contributed by atoms with van der Waals surface area (Å²) < 4.78 is 5.82. The number of carbonyl (C=O) groups is 1. The first kappa shape index (κ1) is 15.9. The molecule has 0 saturated carbocycles. The molecule has 1 aromatic carbocycles. The van der Waals surface area contributed by atoms with Crippen molar-refractivity contribution in [3.8, 4) is 11.3 Å². The zero-order valence-corrected chi connectivity index (χ0v) is 14.3. The summed E-state index contributed by atoms with van der Waals surface area (Å²) in [6, 6.07) is 15.0. The Balaban J connectivity index is 1.60. The number of likely N-dealkylation sites (tertiary alicyclic amines) is 1. The molecule has 4 rings (SSSR count). The van der Waals surface area contributed by atoms with Gasteiger partial charge in [0.05, 0.1) is 11.1 Å². The minimum atomic E-state index is -0.0855. The van der Waals surface area contributed by atoms with Crippen molar-refractivity contribution < 1.29 is 9.21 Å². The van der Waals surface area contributed by atoms with Gasteiger partial charge in [-0.05, 0) is 54.8 Å². The molecule has 25 heavy (non-hydrogen) atoms. The molecule has 1 unspecified atom stereocenters. The van der Waals surface area contributed by atoms with E-state index in [0.717, 1.165) is 30.5 Å². The molecular formula is C20H17ClN2O2. The third-order valence-electron chi connectivity index (χ3n) is 4.56. The summed E-state index contributed by atoms with van der Waals surface area (Å²) in [4.78, 5) is 18.9. The first-order valence-electron chi connectivity index (χ1n) is 8.29. The number of pyridine rings is 1. The van der Waals surface area contributed by atoms with Gasteiger partial charge in [0.25, 0.3) is 5.91 Å². The second-order valence-corrected chi connectivity index (χ2v) is 6.49. The van der Waals surface area contributed by atoms with E-state index in [2.05, 4.69) is 4.98 Å². The number of nitrogens with zero attached hydrogens (tertiary/aromatic N) is 2. The van der Waals surface area contributed by atoms with Crippen molar-refractivity contribution in [2.45, 2.75) is 18.9 Å². The topological polar surface area (TPSA) is 46.3 Å². The van der Waals surface area contributed by atoms with Gasteiger partial charge in [0, 0.05) is 24.5 Å². The standard InChI is InChI=1S/C20H17ClN2O2/c21-16-5-2-1-4-15(16)18-7-8-19(25-18)20(24)23-13-3-6-17(23)14-9-11-22-12-10-14/h1-2,4-5,7-12,17H,3,6,13H2. The van der Waals surface area contributed by atoms with Crippen molar-refractivity contribution in [1.29, 1.82) is 0 Å². The highest BCUT2D eigenvalue weighted by Gasteiger charge is 2.32. The zero-order valence-electron chi connectivity index (χ0n) is 13.6. The second kappa shape index (κ2) is 6.73. The number of amides is 1. The number of halogens is 1. The summed E-state index contributed by atoms with van der Waals surface area (Å²) in [7, 11) is 0. The Bertz CT molecular complexity index is 891. The Morgan fingerprint density at radius 2 is 1.92 bits per heavy atom. The van der Waals surface area contributed by atoms with E-state index in [1.807, 2.05) is 35.2 Å². The molecule has 0 spiro atoms. The van der Waals surface area contributed by atoms with Crippen molar-refractivity contribution in [1.82, 2.24) is 9.88 Å². The van der Waals surface area contributed by atoms with Crippen LogP contribution in [0.4, 0.5) is 0 Å². The average molecular weight is 353 g/mol. The molecule has 0 N–H and O–H groups in total. The van der Waals surface area contributed by atoms with Gasteiger partial charge in [0.2, 0.25) is 0 Å². The van der Waals surface area contributed by atoms with Crippen LogP contribution in [0, 0.1) is 0 Å². The monoisotopic (exact) mass is 352 g/mol. The lowest BCUT2D eigenvalue weighted by molar-refractivity contribution is 0.0704. The van der Waals surface area contributed by atoms with E-state index >= 15 is 0 Å². The van der Waals surface area contributed by atoms with Crippen LogP contribution in [0.1, 0.15) is 35.0 Å². The molecule has 0 aliphatic carbocycles. The molecule has 126 valence electrons. The van der Waals surface area contributed by atoms with Gasteiger partial charge < -0.3 is 9.32 Å². The van der Waals surface area contributed by atoms with E-state index in [4.69, 9.17) is 16.0 Å². The highest BCUT2D eigenvalue weighted by molar-refractivity contribution is 6.33. The van der Waals surface area contributed by atoms with Gasteiger partial charge in [0.15, 0.2) is 5.76 Å². The van der Waals surface area contributed by atoms with Crippen LogP contribution in [0.3, 0.4) is 0 Å². The highest BCUT2D eigenvalue weighted by Crippen LogP contribution is 2.34. The van der Waals surface area contributed by atoms with Crippen LogP contribution in [-0.2, 0) is 0 Å². The molecule has 0 bridgehead atoms. The summed E-state index contributed by atoms with van der Waals surface area (Å²) in [6.07, 6.45) is 5.46. The van der Waals surface area contributed by atoms with Crippen molar-refractivity contribution in [3.05, 3.63) is 77.3 Å². The van der Waals surface area contributed by atoms with Gasteiger partial charge in [-0.3, -0.25) is 9.78 Å². The van der Waals surface area contributed by atoms with Crippen LogP contribution in [0.5, 0.6) is 0 Å². The fraction of sp³-hybridized carbons (Fsp3) is 0.200. The number of carbonyl (C=O) groups excluding carboxylic acids is 1. The van der Waals surface area contributed by atoms with E-state index in [-0.39, 0.29) is 11.9 Å². The third kappa shape index (κ3) is 3.05. The van der Waals surface area contributed by atoms with Crippen molar-refractivity contribution in [3.63, 3.8) is 0 Å². The Hall–Kier alpha value is -2.59. The molecule has 5 heteroatoms. The van der Waals surface area contributed by atoms with Crippen LogP contribution in [0.25, 0.3) is 11.3 Å². The molecule has 4 nitrogen and oxygen atoms in total. The quantitative estimate of drug-likeness (QED) is 0.668. The number of rotatable bonds is 3. The first-order chi connectivity index (χ1) is 12.2. The lowest BCUT2D eigenvalue weighted by atomic mass is 10.1. The molecule has 1 saturated heterocycles. The SMILES string of the molecule is O=C(c1ccc(-c2ccccc2Cl)o1)N1CCCC1c1ccncc1. The molecule has 1 fully saturated rings. The maximum atomic E-state index is 12.9. The van der Waals surface area contributed by atoms with Gasteiger partial charge in [-0.1, -0.05) is 23.7 Å². The Kier molecular flexibility index (Phi) is 4.28. The second-order valence-electron chi connectivity index (χ2n) is 6.08. The Labute approximate surface area is 151 Å². The lowest BCUT2D eigenvalue weighted by Crippen LogP contribution is -2.30. The summed E-state index contributed by atoms with van der Waals surface area (Å²) in [5.41, 5.74) is 1.90. The average Bonchev–Trinajstić information content (AvgIpc) is 3.32. The fourth-order valence-electron chi connectivity index (χ4n) is 3.34. The van der Waals surface area contributed by atoms with Crippen molar-refractivity contribution >= 4 is 17.5 Å². The minimum Gasteiger partial charge on any atom is -0.451 e. The number of hydrogen-bond donors (Lipinski definition) is 0. The molecule has 3 aromatic rings. The van der Waals surface area contributed by atoms with Crippen LogP contribution >= 0.6 is 11.6 Å². The molecule has 3 heterocycles. The maximum Gasteiger partial charge on any atom is 0.290 e. The number of furan rings is 1. The number of benzene rings is 1. The Morgan fingerprint density at radius 1 is 1.12 bits per heavy atom.